The lowest BCUT2D eigenvalue weighted by Gasteiger charge is -2.27. The summed E-state index contributed by atoms with van der Waals surface area (Å²) in [5, 5.41) is 10.3. The van der Waals surface area contributed by atoms with Gasteiger partial charge in [-0.15, -0.1) is 0 Å². The van der Waals surface area contributed by atoms with E-state index >= 15 is 0 Å². The van der Waals surface area contributed by atoms with Crippen molar-refractivity contribution in [1.29, 1.82) is 0 Å². The van der Waals surface area contributed by atoms with Gasteiger partial charge in [0.15, 0.2) is 0 Å². The van der Waals surface area contributed by atoms with Crippen LogP contribution in [-0.2, 0) is 11.2 Å². The molecule has 0 spiro atoms. The van der Waals surface area contributed by atoms with Gasteiger partial charge >= 0.3 is 0 Å². The van der Waals surface area contributed by atoms with Crippen molar-refractivity contribution in [3.63, 3.8) is 0 Å². The molecule has 0 unspecified atom stereocenters. The van der Waals surface area contributed by atoms with Crippen LogP contribution >= 0.6 is 0 Å². The third kappa shape index (κ3) is 1.80. The van der Waals surface area contributed by atoms with Crippen LogP contribution < -0.4 is 4.90 Å². The standard InChI is InChI=1S/C16H18N2O2/c1-10-4-5-11(2)18(10)13-8-12-6-7-15(20)17(3)16(12)14(19)9-13/h4-5,8-9,19H,6-7H2,1-3H3. The van der Waals surface area contributed by atoms with E-state index in [1.165, 1.54) is 0 Å². The van der Waals surface area contributed by atoms with Gasteiger partial charge in [0.25, 0.3) is 0 Å². The Morgan fingerprint density at radius 1 is 1.10 bits per heavy atom. The lowest BCUT2D eigenvalue weighted by Crippen LogP contribution is -2.31. The van der Waals surface area contributed by atoms with Crippen molar-refractivity contribution in [3.8, 4) is 11.4 Å². The molecule has 20 heavy (non-hydrogen) atoms. The van der Waals surface area contributed by atoms with E-state index in [0.29, 0.717) is 18.5 Å². The van der Waals surface area contributed by atoms with Crippen LogP contribution in [0.3, 0.4) is 0 Å². The average molecular weight is 270 g/mol. The average Bonchev–Trinajstić information content (AvgIpc) is 2.73. The predicted molar refractivity (Wildman–Crippen MR) is 78.6 cm³/mol. The summed E-state index contributed by atoms with van der Waals surface area (Å²) in [7, 11) is 1.71. The van der Waals surface area contributed by atoms with Gasteiger partial charge in [0.05, 0.1) is 5.69 Å². The number of aryl methyl sites for hydroxylation is 3. The number of rotatable bonds is 1. The first-order valence-electron chi connectivity index (χ1n) is 6.77. The molecule has 0 saturated carbocycles. The van der Waals surface area contributed by atoms with Crippen molar-refractivity contribution in [2.24, 2.45) is 0 Å². The summed E-state index contributed by atoms with van der Waals surface area (Å²) in [4.78, 5) is 13.3. The number of fused-ring (bicyclic) bond motifs is 1. The normalized spacial score (nSPS) is 14.6. The molecule has 0 bridgehead atoms. The predicted octanol–water partition coefficient (Wildman–Crippen LogP) is 2.71. The summed E-state index contributed by atoms with van der Waals surface area (Å²) in [6, 6.07) is 7.91. The highest BCUT2D eigenvalue weighted by atomic mass is 16.3. The Labute approximate surface area is 118 Å². The number of benzene rings is 1. The van der Waals surface area contributed by atoms with Crippen LogP contribution in [0.25, 0.3) is 5.69 Å². The Bertz CT molecular complexity index is 681. The molecule has 4 heteroatoms. The van der Waals surface area contributed by atoms with Gasteiger partial charge in [0.2, 0.25) is 5.91 Å². The number of nitrogens with zero attached hydrogens (tertiary/aromatic N) is 2. The second-order valence-corrected chi connectivity index (χ2v) is 5.38. The summed E-state index contributed by atoms with van der Waals surface area (Å²) in [5.74, 6) is 0.217. The van der Waals surface area contributed by atoms with Crippen molar-refractivity contribution >= 4 is 11.6 Å². The van der Waals surface area contributed by atoms with Crippen LogP contribution in [-0.4, -0.2) is 22.6 Å². The molecule has 1 aromatic carbocycles. The lowest BCUT2D eigenvalue weighted by atomic mass is 10.00. The Morgan fingerprint density at radius 2 is 1.75 bits per heavy atom. The van der Waals surface area contributed by atoms with Crippen LogP contribution in [0.1, 0.15) is 23.4 Å². The summed E-state index contributed by atoms with van der Waals surface area (Å²) in [6.45, 7) is 4.08. The van der Waals surface area contributed by atoms with E-state index in [1.807, 2.05) is 13.8 Å². The van der Waals surface area contributed by atoms with E-state index < -0.39 is 0 Å². The molecule has 2 heterocycles. The maximum atomic E-state index is 11.7. The number of phenolic OH excluding ortho intramolecular Hbond substituents is 1. The molecule has 0 atom stereocenters. The van der Waals surface area contributed by atoms with Crippen molar-refractivity contribution < 1.29 is 9.90 Å². The highest BCUT2D eigenvalue weighted by Crippen LogP contribution is 2.37. The number of carbonyl (C=O) groups is 1. The highest BCUT2D eigenvalue weighted by Gasteiger charge is 2.25. The minimum Gasteiger partial charge on any atom is -0.506 e. The summed E-state index contributed by atoms with van der Waals surface area (Å²) in [6.07, 6.45) is 1.18. The Hall–Kier alpha value is -2.23. The fourth-order valence-corrected chi connectivity index (χ4v) is 2.98. The van der Waals surface area contributed by atoms with Gasteiger partial charge in [-0.1, -0.05) is 0 Å². The third-order valence-electron chi connectivity index (χ3n) is 4.00. The molecule has 0 fully saturated rings. The summed E-state index contributed by atoms with van der Waals surface area (Å²) >= 11 is 0. The number of hydrogen-bond acceptors (Lipinski definition) is 2. The van der Waals surface area contributed by atoms with E-state index in [2.05, 4.69) is 22.8 Å². The monoisotopic (exact) mass is 270 g/mol. The van der Waals surface area contributed by atoms with Crippen LogP contribution in [0.15, 0.2) is 24.3 Å². The van der Waals surface area contributed by atoms with E-state index in [1.54, 1.807) is 18.0 Å². The van der Waals surface area contributed by atoms with Crippen LogP contribution in [0.5, 0.6) is 5.75 Å². The second kappa shape index (κ2) is 4.40. The van der Waals surface area contributed by atoms with Crippen molar-refractivity contribution in [2.45, 2.75) is 26.7 Å². The van der Waals surface area contributed by atoms with Gasteiger partial charge in [0, 0.05) is 36.6 Å². The van der Waals surface area contributed by atoms with Crippen LogP contribution in [0.2, 0.25) is 0 Å². The molecule has 1 amide bonds. The zero-order valence-corrected chi connectivity index (χ0v) is 12.0. The quantitative estimate of drug-likeness (QED) is 0.866. The van der Waals surface area contributed by atoms with Gasteiger partial charge in [-0.25, -0.2) is 0 Å². The van der Waals surface area contributed by atoms with Gasteiger partial charge in [-0.05, 0) is 44.0 Å². The number of aromatic nitrogens is 1. The Balaban J connectivity index is 2.18. The number of carbonyl (C=O) groups excluding carboxylic acids is 1. The molecular weight excluding hydrogens is 252 g/mol. The molecule has 1 aliphatic rings. The molecule has 1 aromatic heterocycles. The Kier molecular flexibility index (Phi) is 2.82. The Morgan fingerprint density at radius 3 is 2.40 bits per heavy atom. The zero-order chi connectivity index (χ0) is 14.4. The first kappa shape index (κ1) is 12.8. The zero-order valence-electron chi connectivity index (χ0n) is 12.0. The summed E-state index contributed by atoms with van der Waals surface area (Å²) < 4.78 is 2.11. The smallest absolute Gasteiger partial charge is 0.227 e. The number of hydrogen-bond donors (Lipinski definition) is 1. The molecule has 3 rings (SSSR count). The minimum atomic E-state index is 0.0499. The van der Waals surface area contributed by atoms with Crippen LogP contribution in [0.4, 0.5) is 5.69 Å². The maximum Gasteiger partial charge on any atom is 0.227 e. The molecule has 1 N–H and O–H groups in total. The third-order valence-corrected chi connectivity index (χ3v) is 4.00. The molecule has 0 aliphatic carbocycles. The highest BCUT2D eigenvalue weighted by molar-refractivity contribution is 5.97. The van der Waals surface area contributed by atoms with E-state index in [0.717, 1.165) is 22.6 Å². The van der Waals surface area contributed by atoms with E-state index in [9.17, 15) is 9.90 Å². The molecular formula is C16H18N2O2. The molecule has 104 valence electrons. The summed E-state index contributed by atoms with van der Waals surface area (Å²) in [5.41, 5.74) is 4.87. The SMILES string of the molecule is Cc1ccc(C)n1-c1cc(O)c2c(c1)CCC(=O)N2C. The van der Waals surface area contributed by atoms with Gasteiger partial charge < -0.3 is 14.6 Å². The molecule has 4 nitrogen and oxygen atoms in total. The fraction of sp³-hybridized carbons (Fsp3) is 0.312. The topological polar surface area (TPSA) is 45.5 Å². The molecule has 0 radical (unpaired) electrons. The van der Waals surface area contributed by atoms with Gasteiger partial charge in [0.1, 0.15) is 5.75 Å². The first-order valence-corrected chi connectivity index (χ1v) is 6.77. The first-order chi connectivity index (χ1) is 9.49. The number of anilines is 1. The second-order valence-electron chi connectivity index (χ2n) is 5.38. The van der Waals surface area contributed by atoms with Gasteiger partial charge in [-0.2, -0.15) is 0 Å². The molecule has 2 aromatic rings. The largest absolute Gasteiger partial charge is 0.506 e. The fourth-order valence-electron chi connectivity index (χ4n) is 2.98. The number of phenols is 1. The minimum absolute atomic E-state index is 0.0499. The van der Waals surface area contributed by atoms with Crippen molar-refractivity contribution in [3.05, 3.63) is 41.2 Å². The number of aromatic hydroxyl groups is 1. The van der Waals surface area contributed by atoms with E-state index in [-0.39, 0.29) is 11.7 Å². The molecule has 0 saturated heterocycles. The lowest BCUT2D eigenvalue weighted by molar-refractivity contribution is -0.118. The maximum absolute atomic E-state index is 11.7. The van der Waals surface area contributed by atoms with Crippen LogP contribution in [0, 0.1) is 13.8 Å². The van der Waals surface area contributed by atoms with Crippen molar-refractivity contribution in [2.75, 3.05) is 11.9 Å². The van der Waals surface area contributed by atoms with Gasteiger partial charge in [-0.3, -0.25) is 4.79 Å². The number of amides is 1. The van der Waals surface area contributed by atoms with Crippen molar-refractivity contribution in [1.82, 2.24) is 4.57 Å². The van der Waals surface area contributed by atoms with E-state index in [4.69, 9.17) is 0 Å². The molecule has 1 aliphatic heterocycles.